The molecule has 0 amide bonds. The monoisotopic (exact) mass is 310 g/mol. The fraction of sp³-hybridized carbons (Fsp3) is 1.00. The quantitative estimate of drug-likeness (QED) is 0.794. The van der Waals surface area contributed by atoms with Crippen LogP contribution < -0.4 is 0 Å². The van der Waals surface area contributed by atoms with E-state index in [0.29, 0.717) is 13.2 Å². The SMILES string of the molecule is CCOP(O)(=S)OCC.[Ce]. The van der Waals surface area contributed by atoms with E-state index in [2.05, 4.69) is 11.8 Å². The summed E-state index contributed by atoms with van der Waals surface area (Å²) < 4.78 is 9.46. The van der Waals surface area contributed by atoms with Gasteiger partial charge in [0.2, 0.25) is 0 Å². The van der Waals surface area contributed by atoms with E-state index in [9.17, 15) is 0 Å². The summed E-state index contributed by atoms with van der Waals surface area (Å²) in [5.41, 5.74) is 0. The first kappa shape index (κ1) is 14.4. The molecule has 0 saturated carbocycles. The van der Waals surface area contributed by atoms with Crippen molar-refractivity contribution in [1.82, 2.24) is 0 Å². The van der Waals surface area contributed by atoms with Crippen LogP contribution in [0.15, 0.2) is 0 Å². The van der Waals surface area contributed by atoms with Crippen molar-refractivity contribution in [2.24, 2.45) is 0 Å². The van der Waals surface area contributed by atoms with Crippen molar-refractivity contribution in [1.29, 1.82) is 0 Å². The van der Waals surface area contributed by atoms with Crippen molar-refractivity contribution < 1.29 is 55.7 Å². The second-order valence-corrected chi connectivity index (χ2v) is 4.14. The van der Waals surface area contributed by atoms with Crippen LogP contribution in [0, 0.1) is 41.7 Å². The van der Waals surface area contributed by atoms with Crippen molar-refractivity contribution in [3.8, 4) is 0 Å². The molecule has 0 saturated heterocycles. The van der Waals surface area contributed by atoms with Crippen LogP contribution in [-0.2, 0) is 20.9 Å². The van der Waals surface area contributed by atoms with Gasteiger partial charge in [0.15, 0.2) is 0 Å². The minimum Gasteiger partial charge on any atom is -0.324 e. The Balaban J connectivity index is 0. The van der Waals surface area contributed by atoms with Gasteiger partial charge in [-0.25, -0.2) is 0 Å². The zero-order chi connectivity index (χ0) is 7.33. The molecule has 0 aromatic heterocycles. The van der Waals surface area contributed by atoms with Gasteiger partial charge in [-0.05, 0) is 25.7 Å². The first-order valence-corrected chi connectivity index (χ1v) is 5.33. The van der Waals surface area contributed by atoms with Gasteiger partial charge in [0.05, 0.1) is 13.2 Å². The molecule has 6 heteroatoms. The van der Waals surface area contributed by atoms with E-state index in [1.807, 2.05) is 0 Å². The number of hydrogen-bond donors (Lipinski definition) is 1. The Labute approximate surface area is 100 Å². The first-order valence-electron chi connectivity index (χ1n) is 2.74. The van der Waals surface area contributed by atoms with E-state index in [4.69, 9.17) is 13.9 Å². The van der Waals surface area contributed by atoms with Crippen LogP contribution in [0.4, 0.5) is 0 Å². The molecule has 0 aliphatic rings. The van der Waals surface area contributed by atoms with Gasteiger partial charge in [-0.15, -0.1) is 0 Å². The molecular weight excluding hydrogens is 299 g/mol. The zero-order valence-electron chi connectivity index (χ0n) is 6.03. The fourth-order valence-electron chi connectivity index (χ4n) is 0.364. The normalized spacial score (nSPS) is 10.7. The van der Waals surface area contributed by atoms with Crippen molar-refractivity contribution in [2.75, 3.05) is 13.2 Å². The van der Waals surface area contributed by atoms with Crippen molar-refractivity contribution >= 4 is 18.5 Å². The summed E-state index contributed by atoms with van der Waals surface area (Å²) in [6.07, 6.45) is 0. The van der Waals surface area contributed by atoms with Gasteiger partial charge in [0.1, 0.15) is 0 Å². The predicted molar refractivity (Wildman–Crippen MR) is 39.8 cm³/mol. The summed E-state index contributed by atoms with van der Waals surface area (Å²) in [7, 11) is 0. The summed E-state index contributed by atoms with van der Waals surface area (Å²) in [6.45, 7) is 1.45. The van der Waals surface area contributed by atoms with Crippen LogP contribution in [0.2, 0.25) is 0 Å². The van der Waals surface area contributed by atoms with Crippen molar-refractivity contribution in [3.63, 3.8) is 0 Å². The molecule has 0 fully saturated rings. The van der Waals surface area contributed by atoms with Gasteiger partial charge in [0, 0.05) is 41.7 Å². The predicted octanol–water partition coefficient (Wildman–Crippen LogP) is 1.28. The molecule has 10 heavy (non-hydrogen) atoms. The molecule has 0 spiro atoms. The third kappa shape index (κ3) is 8.01. The third-order valence-corrected chi connectivity index (χ3v) is 2.39. The molecule has 1 N–H and O–H groups in total. The fourth-order valence-corrected chi connectivity index (χ4v) is 1.72. The second-order valence-electron chi connectivity index (χ2n) is 1.30. The Hall–Kier alpha value is 1.91. The van der Waals surface area contributed by atoms with Crippen LogP contribution in [0.3, 0.4) is 0 Å². The topological polar surface area (TPSA) is 38.7 Å². The molecule has 0 atom stereocenters. The molecule has 3 nitrogen and oxygen atoms in total. The van der Waals surface area contributed by atoms with Crippen LogP contribution in [0.1, 0.15) is 13.8 Å². The van der Waals surface area contributed by atoms with Crippen LogP contribution >= 0.6 is 6.72 Å². The molecule has 0 rings (SSSR count). The first-order chi connectivity index (χ1) is 4.12. The van der Waals surface area contributed by atoms with Crippen LogP contribution in [-0.4, -0.2) is 18.1 Å². The van der Waals surface area contributed by atoms with E-state index >= 15 is 0 Å². The zero-order valence-corrected chi connectivity index (χ0v) is 10.9. The summed E-state index contributed by atoms with van der Waals surface area (Å²) in [6, 6.07) is 0. The van der Waals surface area contributed by atoms with Gasteiger partial charge in [-0.2, -0.15) is 0 Å². The minimum atomic E-state index is -2.86. The maximum absolute atomic E-state index is 9.00. The molecule has 0 aromatic rings. The van der Waals surface area contributed by atoms with Gasteiger partial charge < -0.3 is 13.9 Å². The van der Waals surface area contributed by atoms with Crippen LogP contribution in [0.5, 0.6) is 0 Å². The Kier molecular flexibility index (Phi) is 10.9. The average Bonchev–Trinajstić information content (AvgIpc) is 1.64. The van der Waals surface area contributed by atoms with E-state index in [0.717, 1.165) is 0 Å². The number of hydrogen-bond acceptors (Lipinski definition) is 3. The average molecular weight is 310 g/mol. The molecule has 0 aromatic carbocycles. The Morgan fingerprint density at radius 1 is 1.30 bits per heavy atom. The molecule has 60 valence electrons. The summed E-state index contributed by atoms with van der Waals surface area (Å²) in [5.74, 6) is 0. The Morgan fingerprint density at radius 3 is 1.80 bits per heavy atom. The molecule has 0 unspecified atom stereocenters. The Bertz CT molecular complexity index is 111. The molecular formula is C4H11CeO3PS. The third-order valence-electron chi connectivity index (χ3n) is 0.584. The number of rotatable bonds is 4. The Morgan fingerprint density at radius 2 is 1.60 bits per heavy atom. The smallest absolute Gasteiger partial charge is 0.324 e. The van der Waals surface area contributed by atoms with Crippen molar-refractivity contribution in [2.45, 2.75) is 13.8 Å². The minimum absolute atomic E-state index is 0. The van der Waals surface area contributed by atoms with E-state index < -0.39 is 6.72 Å². The maximum Gasteiger partial charge on any atom is 0.324 e. The standard InChI is InChI=1S/C4H11O3PS.Ce/c1-3-6-8(5,9)7-4-2;/h3-4H2,1-2H3,(H,5,9);. The van der Waals surface area contributed by atoms with Gasteiger partial charge in [-0.1, -0.05) is 0 Å². The summed E-state index contributed by atoms with van der Waals surface area (Å²) in [4.78, 5) is 9.00. The van der Waals surface area contributed by atoms with Gasteiger partial charge in [0.25, 0.3) is 0 Å². The molecule has 0 bridgehead atoms. The van der Waals surface area contributed by atoms with E-state index in [1.165, 1.54) is 0 Å². The van der Waals surface area contributed by atoms with Crippen LogP contribution in [0.25, 0.3) is 0 Å². The second kappa shape index (κ2) is 7.55. The van der Waals surface area contributed by atoms with Gasteiger partial charge >= 0.3 is 6.72 Å². The largest absolute Gasteiger partial charge is 0.324 e. The summed E-state index contributed by atoms with van der Waals surface area (Å²) in [5, 5.41) is 0. The molecule has 0 aliphatic heterocycles. The maximum atomic E-state index is 9.00. The van der Waals surface area contributed by atoms with E-state index in [-0.39, 0.29) is 41.7 Å². The molecule has 0 heterocycles. The molecule has 0 aliphatic carbocycles. The molecule has 0 radical (unpaired) electrons. The van der Waals surface area contributed by atoms with E-state index in [1.54, 1.807) is 13.8 Å². The van der Waals surface area contributed by atoms with Crippen molar-refractivity contribution in [3.05, 3.63) is 0 Å². The van der Waals surface area contributed by atoms with Gasteiger partial charge in [-0.3, -0.25) is 0 Å². The summed E-state index contributed by atoms with van der Waals surface area (Å²) >= 11 is 4.56.